The molecule has 1 amide bonds. The number of nitrogens with zero attached hydrogens (tertiary/aromatic N) is 2. The van der Waals surface area contributed by atoms with Gasteiger partial charge in [-0.05, 0) is 48.4 Å². The van der Waals surface area contributed by atoms with Crippen molar-refractivity contribution in [1.29, 1.82) is 0 Å². The van der Waals surface area contributed by atoms with Crippen LogP contribution in [0.5, 0.6) is 0 Å². The quantitative estimate of drug-likeness (QED) is 0.669. The number of rotatable bonds is 3. The van der Waals surface area contributed by atoms with Crippen molar-refractivity contribution in [3.8, 4) is 5.69 Å². The fourth-order valence-electron chi connectivity index (χ4n) is 3.37. The minimum atomic E-state index is 0.137. The number of hydrogen-bond acceptors (Lipinski definition) is 2. The lowest BCUT2D eigenvalue weighted by atomic mass is 10.1. The lowest BCUT2D eigenvalue weighted by Crippen LogP contribution is -2.32. The SMILES string of the molecule is O=C(c1ccc(-n2cccc2)cc1)N1CCS[C@@H](c2ccccc2)CC1. The molecule has 1 fully saturated rings. The summed E-state index contributed by atoms with van der Waals surface area (Å²) in [5.41, 5.74) is 3.20. The number of thioether (sulfide) groups is 1. The lowest BCUT2D eigenvalue weighted by Gasteiger charge is -2.20. The molecule has 132 valence electrons. The molecule has 0 radical (unpaired) electrons. The van der Waals surface area contributed by atoms with Crippen LogP contribution in [0.2, 0.25) is 0 Å². The highest BCUT2D eigenvalue weighted by molar-refractivity contribution is 7.99. The minimum Gasteiger partial charge on any atom is -0.338 e. The van der Waals surface area contributed by atoms with Crippen molar-refractivity contribution in [1.82, 2.24) is 9.47 Å². The maximum absolute atomic E-state index is 12.9. The molecule has 0 bridgehead atoms. The van der Waals surface area contributed by atoms with Crippen LogP contribution >= 0.6 is 11.8 Å². The molecule has 2 heterocycles. The third kappa shape index (κ3) is 3.70. The van der Waals surface area contributed by atoms with Crippen molar-refractivity contribution < 1.29 is 4.79 Å². The normalized spacial score (nSPS) is 17.7. The minimum absolute atomic E-state index is 0.137. The van der Waals surface area contributed by atoms with E-state index in [2.05, 4.69) is 30.3 Å². The van der Waals surface area contributed by atoms with Gasteiger partial charge in [-0.25, -0.2) is 0 Å². The van der Waals surface area contributed by atoms with Crippen molar-refractivity contribution >= 4 is 17.7 Å². The smallest absolute Gasteiger partial charge is 0.253 e. The highest BCUT2D eigenvalue weighted by Gasteiger charge is 2.22. The first kappa shape index (κ1) is 17.0. The van der Waals surface area contributed by atoms with E-state index in [0.29, 0.717) is 5.25 Å². The molecule has 3 nitrogen and oxygen atoms in total. The average molecular weight is 362 g/mol. The Morgan fingerprint density at radius 1 is 0.885 bits per heavy atom. The van der Waals surface area contributed by atoms with Crippen molar-refractivity contribution in [2.75, 3.05) is 18.8 Å². The molecule has 26 heavy (non-hydrogen) atoms. The topological polar surface area (TPSA) is 25.2 Å². The van der Waals surface area contributed by atoms with Crippen LogP contribution in [0.3, 0.4) is 0 Å². The van der Waals surface area contributed by atoms with Crippen molar-refractivity contribution in [2.24, 2.45) is 0 Å². The van der Waals surface area contributed by atoms with E-state index in [4.69, 9.17) is 0 Å². The van der Waals surface area contributed by atoms with Gasteiger partial charge in [0.25, 0.3) is 5.91 Å². The maximum Gasteiger partial charge on any atom is 0.253 e. The number of hydrogen-bond donors (Lipinski definition) is 0. The molecule has 0 unspecified atom stereocenters. The van der Waals surface area contributed by atoms with E-state index in [-0.39, 0.29) is 5.91 Å². The molecule has 0 saturated carbocycles. The van der Waals surface area contributed by atoms with Gasteiger partial charge in [-0.2, -0.15) is 11.8 Å². The van der Waals surface area contributed by atoms with Crippen LogP contribution in [0, 0.1) is 0 Å². The van der Waals surface area contributed by atoms with Gasteiger partial charge in [0.15, 0.2) is 0 Å². The summed E-state index contributed by atoms with van der Waals surface area (Å²) in [5, 5.41) is 0.477. The second kappa shape index (κ2) is 7.83. The Kier molecular flexibility index (Phi) is 5.12. The summed E-state index contributed by atoms with van der Waals surface area (Å²) in [7, 11) is 0. The second-order valence-corrected chi connectivity index (χ2v) is 7.80. The molecule has 1 aliphatic rings. The average Bonchev–Trinajstić information content (AvgIpc) is 3.13. The van der Waals surface area contributed by atoms with Crippen LogP contribution in [0.25, 0.3) is 5.69 Å². The van der Waals surface area contributed by atoms with E-state index in [1.54, 1.807) is 0 Å². The standard InChI is InChI=1S/C22H22N2OS/c25-22(19-8-10-20(11-9-19)23-13-4-5-14-23)24-15-12-21(26-17-16-24)18-6-2-1-3-7-18/h1-11,13-14,21H,12,15-17H2/t21-/m1/s1. The van der Waals surface area contributed by atoms with Gasteiger partial charge in [0, 0.05) is 47.7 Å². The molecular weight excluding hydrogens is 340 g/mol. The van der Waals surface area contributed by atoms with Crippen molar-refractivity contribution in [2.45, 2.75) is 11.7 Å². The Labute approximate surface area is 158 Å². The summed E-state index contributed by atoms with van der Waals surface area (Å²) in [6.45, 7) is 1.62. The number of aromatic nitrogens is 1. The zero-order chi connectivity index (χ0) is 17.8. The fourth-order valence-corrected chi connectivity index (χ4v) is 4.60. The van der Waals surface area contributed by atoms with Gasteiger partial charge in [-0.1, -0.05) is 30.3 Å². The van der Waals surface area contributed by atoms with Crippen molar-refractivity contribution in [3.63, 3.8) is 0 Å². The Morgan fingerprint density at radius 3 is 2.35 bits per heavy atom. The van der Waals surface area contributed by atoms with Crippen LogP contribution in [-0.2, 0) is 0 Å². The predicted molar refractivity (Wildman–Crippen MR) is 108 cm³/mol. The molecule has 3 aromatic rings. The molecule has 2 aromatic carbocycles. The third-order valence-corrected chi connectivity index (χ3v) is 6.15. The van der Waals surface area contributed by atoms with Gasteiger partial charge in [0.1, 0.15) is 0 Å². The highest BCUT2D eigenvalue weighted by Crippen LogP contribution is 2.34. The van der Waals surface area contributed by atoms with Gasteiger partial charge in [0.05, 0.1) is 0 Å². The number of benzene rings is 2. The van der Waals surface area contributed by atoms with Crippen LogP contribution in [-0.4, -0.2) is 34.2 Å². The molecule has 1 atom stereocenters. The van der Waals surface area contributed by atoms with Gasteiger partial charge in [0.2, 0.25) is 0 Å². The Hall–Kier alpha value is -2.46. The summed E-state index contributed by atoms with van der Waals surface area (Å²) in [6, 6.07) is 22.5. The molecule has 1 aromatic heterocycles. The number of carbonyl (C=O) groups excluding carboxylic acids is 1. The highest BCUT2D eigenvalue weighted by atomic mass is 32.2. The maximum atomic E-state index is 12.9. The summed E-state index contributed by atoms with van der Waals surface area (Å²) in [4.78, 5) is 14.9. The predicted octanol–water partition coefficient (Wildman–Crippen LogP) is 4.80. The van der Waals surface area contributed by atoms with E-state index >= 15 is 0 Å². The third-order valence-electron chi connectivity index (χ3n) is 4.82. The van der Waals surface area contributed by atoms with Gasteiger partial charge in [-0.3, -0.25) is 4.79 Å². The lowest BCUT2D eigenvalue weighted by molar-refractivity contribution is 0.0766. The van der Waals surface area contributed by atoms with Crippen LogP contribution in [0.4, 0.5) is 0 Å². The molecule has 4 rings (SSSR count). The van der Waals surface area contributed by atoms with Gasteiger partial charge >= 0.3 is 0 Å². The van der Waals surface area contributed by atoms with Crippen LogP contribution in [0.15, 0.2) is 79.1 Å². The molecule has 1 aliphatic heterocycles. The summed E-state index contributed by atoms with van der Waals surface area (Å²) >= 11 is 1.96. The Bertz CT molecular complexity index is 844. The van der Waals surface area contributed by atoms with E-state index in [1.807, 2.05) is 70.0 Å². The monoisotopic (exact) mass is 362 g/mol. The first-order valence-electron chi connectivity index (χ1n) is 9.00. The van der Waals surface area contributed by atoms with Crippen LogP contribution < -0.4 is 0 Å². The molecule has 0 aliphatic carbocycles. The first-order valence-corrected chi connectivity index (χ1v) is 10.1. The molecule has 1 saturated heterocycles. The second-order valence-electron chi connectivity index (χ2n) is 6.49. The number of carbonyl (C=O) groups is 1. The van der Waals surface area contributed by atoms with Gasteiger partial charge in [-0.15, -0.1) is 0 Å². The fraction of sp³-hybridized carbons (Fsp3) is 0.227. The zero-order valence-corrected chi connectivity index (χ0v) is 15.4. The van der Waals surface area contributed by atoms with E-state index in [1.165, 1.54) is 5.56 Å². The van der Waals surface area contributed by atoms with Crippen LogP contribution in [0.1, 0.15) is 27.6 Å². The largest absolute Gasteiger partial charge is 0.338 e. The van der Waals surface area contributed by atoms with Crippen molar-refractivity contribution in [3.05, 3.63) is 90.3 Å². The molecule has 4 heteroatoms. The Morgan fingerprint density at radius 2 is 1.62 bits per heavy atom. The first-order chi connectivity index (χ1) is 12.8. The Balaban J connectivity index is 1.43. The summed E-state index contributed by atoms with van der Waals surface area (Å²) in [6.07, 6.45) is 5.01. The zero-order valence-electron chi connectivity index (χ0n) is 14.6. The summed E-state index contributed by atoms with van der Waals surface area (Å²) in [5.74, 6) is 1.12. The molecule has 0 N–H and O–H groups in total. The van der Waals surface area contributed by atoms with E-state index < -0.39 is 0 Å². The number of amides is 1. The molecular formula is C22H22N2OS. The summed E-state index contributed by atoms with van der Waals surface area (Å²) < 4.78 is 2.04. The molecule has 0 spiro atoms. The van der Waals surface area contributed by atoms with Gasteiger partial charge < -0.3 is 9.47 Å². The van der Waals surface area contributed by atoms with E-state index in [0.717, 1.165) is 36.5 Å². The van der Waals surface area contributed by atoms with E-state index in [9.17, 15) is 4.79 Å².